The van der Waals surface area contributed by atoms with E-state index in [-0.39, 0.29) is 13.1 Å². The number of carboxylic acid groups (broad SMARTS) is 1. The summed E-state index contributed by atoms with van der Waals surface area (Å²) in [6.07, 6.45) is -0.813. The van der Waals surface area contributed by atoms with Gasteiger partial charge in [0.15, 0.2) is 6.04 Å². The van der Waals surface area contributed by atoms with E-state index < -0.39 is 24.0 Å². The van der Waals surface area contributed by atoms with E-state index in [1.54, 1.807) is 0 Å². The van der Waals surface area contributed by atoms with Crippen LogP contribution in [0.4, 0.5) is 4.79 Å². The lowest BCUT2D eigenvalue weighted by molar-refractivity contribution is -0.145. The van der Waals surface area contributed by atoms with Crippen LogP contribution >= 0.6 is 0 Å². The maximum absolute atomic E-state index is 11.1. The number of amides is 2. The van der Waals surface area contributed by atoms with Crippen LogP contribution in [-0.4, -0.2) is 54.2 Å². The molecule has 1 saturated heterocycles. The van der Waals surface area contributed by atoms with Gasteiger partial charge in [-0.3, -0.25) is 9.69 Å². The Bertz CT molecular complexity index is 277. The molecule has 1 fully saturated rings. The van der Waals surface area contributed by atoms with E-state index in [2.05, 4.69) is 10.1 Å². The van der Waals surface area contributed by atoms with Gasteiger partial charge in [0.2, 0.25) is 5.91 Å². The number of methoxy groups -OCH3 is 1. The van der Waals surface area contributed by atoms with Gasteiger partial charge in [-0.15, -0.1) is 0 Å². The van der Waals surface area contributed by atoms with Crippen LogP contribution in [-0.2, 0) is 14.3 Å². The molecule has 0 radical (unpaired) electrons. The van der Waals surface area contributed by atoms with E-state index in [4.69, 9.17) is 5.11 Å². The number of carboxylic acids is 1. The number of piperazine rings is 1. The molecule has 1 heterocycles. The average Bonchev–Trinajstić information content (AvgIpc) is 2.16. The van der Waals surface area contributed by atoms with Crippen molar-refractivity contribution < 1.29 is 24.2 Å². The first kappa shape index (κ1) is 10.3. The minimum absolute atomic E-state index is 0.0940. The van der Waals surface area contributed by atoms with Crippen molar-refractivity contribution in [3.8, 4) is 0 Å². The summed E-state index contributed by atoms with van der Waals surface area (Å²) >= 11 is 0. The van der Waals surface area contributed by atoms with Gasteiger partial charge in [-0.1, -0.05) is 0 Å². The summed E-state index contributed by atoms with van der Waals surface area (Å²) in [5, 5.41) is 11.1. The monoisotopic (exact) mass is 202 g/mol. The van der Waals surface area contributed by atoms with Gasteiger partial charge in [0.1, 0.15) is 6.54 Å². The van der Waals surface area contributed by atoms with Gasteiger partial charge >= 0.3 is 12.1 Å². The van der Waals surface area contributed by atoms with Gasteiger partial charge in [0, 0.05) is 6.54 Å². The fourth-order valence-electron chi connectivity index (χ4n) is 1.17. The highest BCUT2D eigenvalue weighted by Crippen LogP contribution is 2.05. The number of ether oxygens (including phenoxy) is 1. The van der Waals surface area contributed by atoms with Crippen LogP contribution in [0.25, 0.3) is 0 Å². The maximum Gasteiger partial charge on any atom is 0.410 e. The van der Waals surface area contributed by atoms with Crippen LogP contribution in [0.2, 0.25) is 0 Å². The second kappa shape index (κ2) is 3.95. The number of nitrogens with zero attached hydrogens (tertiary/aromatic N) is 1. The number of carbonyl (C=O) groups is 3. The third-order valence-electron chi connectivity index (χ3n) is 1.88. The number of nitrogens with one attached hydrogen (secondary N) is 1. The third kappa shape index (κ3) is 1.93. The lowest BCUT2D eigenvalue weighted by Gasteiger charge is -2.31. The Kier molecular flexibility index (Phi) is 2.90. The first-order chi connectivity index (χ1) is 6.56. The van der Waals surface area contributed by atoms with Crippen molar-refractivity contribution in [3.05, 3.63) is 0 Å². The molecule has 1 aliphatic heterocycles. The van der Waals surface area contributed by atoms with Gasteiger partial charge < -0.3 is 15.2 Å². The summed E-state index contributed by atoms with van der Waals surface area (Å²) in [6, 6.07) is -1.06. The van der Waals surface area contributed by atoms with Crippen molar-refractivity contribution in [2.75, 3.05) is 20.2 Å². The van der Waals surface area contributed by atoms with Crippen LogP contribution in [0, 0.1) is 0 Å². The molecule has 2 N–H and O–H groups in total. The molecule has 0 aromatic carbocycles. The lowest BCUT2D eigenvalue weighted by Crippen LogP contribution is -2.59. The Hall–Kier alpha value is -1.79. The topological polar surface area (TPSA) is 95.9 Å². The molecule has 7 heteroatoms. The standard InChI is InChI=1S/C7H10N2O5/c1-14-7(13)9-3-5(10)8-2-4(9)6(11)12/h4H,2-3H2,1H3,(H,8,10)(H,11,12). The zero-order chi connectivity index (χ0) is 10.7. The quantitative estimate of drug-likeness (QED) is 0.547. The van der Waals surface area contributed by atoms with Crippen molar-refractivity contribution in [2.45, 2.75) is 6.04 Å². The lowest BCUT2D eigenvalue weighted by atomic mass is 10.2. The van der Waals surface area contributed by atoms with E-state index in [0.717, 1.165) is 12.0 Å². The zero-order valence-corrected chi connectivity index (χ0v) is 7.52. The Labute approximate surface area is 79.6 Å². The van der Waals surface area contributed by atoms with Crippen molar-refractivity contribution in [3.63, 3.8) is 0 Å². The number of aliphatic carboxylic acids is 1. The molecular formula is C7H10N2O5. The number of carbonyl (C=O) groups excluding carboxylic acids is 2. The molecule has 0 aliphatic carbocycles. The first-order valence-corrected chi connectivity index (χ1v) is 3.90. The van der Waals surface area contributed by atoms with E-state index in [1.807, 2.05) is 0 Å². The second-order valence-corrected chi connectivity index (χ2v) is 2.76. The molecule has 14 heavy (non-hydrogen) atoms. The number of rotatable bonds is 1. The molecule has 1 aliphatic rings. The molecule has 2 amide bonds. The Morgan fingerprint density at radius 1 is 1.64 bits per heavy atom. The summed E-state index contributed by atoms with van der Waals surface area (Å²) < 4.78 is 4.36. The predicted octanol–water partition coefficient (Wildman–Crippen LogP) is -1.36. The summed E-state index contributed by atoms with van der Waals surface area (Å²) in [5.74, 6) is -1.57. The summed E-state index contributed by atoms with van der Waals surface area (Å²) in [7, 11) is 1.13. The van der Waals surface area contributed by atoms with Crippen LogP contribution in [0.5, 0.6) is 0 Å². The summed E-state index contributed by atoms with van der Waals surface area (Å²) in [5.41, 5.74) is 0. The van der Waals surface area contributed by atoms with E-state index in [9.17, 15) is 14.4 Å². The minimum Gasteiger partial charge on any atom is -0.480 e. The van der Waals surface area contributed by atoms with Crippen LogP contribution in [0.3, 0.4) is 0 Å². The average molecular weight is 202 g/mol. The highest BCUT2D eigenvalue weighted by Gasteiger charge is 2.35. The fourth-order valence-corrected chi connectivity index (χ4v) is 1.17. The van der Waals surface area contributed by atoms with Crippen molar-refractivity contribution in [1.82, 2.24) is 10.2 Å². The molecule has 7 nitrogen and oxygen atoms in total. The highest BCUT2D eigenvalue weighted by molar-refractivity contribution is 5.88. The number of hydrogen-bond acceptors (Lipinski definition) is 4. The van der Waals surface area contributed by atoms with Gasteiger partial charge in [0.05, 0.1) is 7.11 Å². The first-order valence-electron chi connectivity index (χ1n) is 3.90. The molecule has 0 spiro atoms. The molecule has 78 valence electrons. The van der Waals surface area contributed by atoms with Gasteiger partial charge in [-0.2, -0.15) is 0 Å². The van der Waals surface area contributed by atoms with E-state index in [1.165, 1.54) is 0 Å². The zero-order valence-electron chi connectivity index (χ0n) is 7.52. The predicted molar refractivity (Wildman–Crippen MR) is 43.5 cm³/mol. The molecule has 0 saturated carbocycles. The molecule has 0 aromatic rings. The molecule has 1 unspecified atom stereocenters. The van der Waals surface area contributed by atoms with Crippen molar-refractivity contribution >= 4 is 18.0 Å². The van der Waals surface area contributed by atoms with Gasteiger partial charge in [-0.25, -0.2) is 9.59 Å². The Morgan fingerprint density at radius 2 is 2.29 bits per heavy atom. The molecule has 0 aromatic heterocycles. The van der Waals surface area contributed by atoms with Crippen LogP contribution in [0.15, 0.2) is 0 Å². The van der Waals surface area contributed by atoms with Gasteiger partial charge in [0.25, 0.3) is 0 Å². The minimum atomic E-state index is -1.17. The van der Waals surface area contributed by atoms with Gasteiger partial charge in [-0.05, 0) is 0 Å². The van der Waals surface area contributed by atoms with Crippen molar-refractivity contribution in [1.29, 1.82) is 0 Å². The smallest absolute Gasteiger partial charge is 0.410 e. The molecule has 1 atom stereocenters. The Morgan fingerprint density at radius 3 is 2.79 bits per heavy atom. The Balaban J connectivity index is 2.78. The fraction of sp³-hybridized carbons (Fsp3) is 0.571. The second-order valence-electron chi connectivity index (χ2n) is 2.76. The summed E-state index contributed by atoms with van der Waals surface area (Å²) in [6.45, 7) is -0.382. The number of hydrogen-bond donors (Lipinski definition) is 2. The van der Waals surface area contributed by atoms with E-state index in [0.29, 0.717) is 0 Å². The normalized spacial score (nSPS) is 21.4. The molecule has 0 bridgehead atoms. The van der Waals surface area contributed by atoms with Crippen LogP contribution in [0.1, 0.15) is 0 Å². The van der Waals surface area contributed by atoms with E-state index >= 15 is 0 Å². The molecule has 1 rings (SSSR count). The molecular weight excluding hydrogens is 192 g/mol. The maximum atomic E-state index is 11.1. The summed E-state index contributed by atoms with van der Waals surface area (Å²) in [4.78, 5) is 33.6. The third-order valence-corrected chi connectivity index (χ3v) is 1.88. The van der Waals surface area contributed by atoms with Crippen molar-refractivity contribution in [2.24, 2.45) is 0 Å². The van der Waals surface area contributed by atoms with Crippen LogP contribution < -0.4 is 5.32 Å². The highest BCUT2D eigenvalue weighted by atomic mass is 16.5. The SMILES string of the molecule is COC(=O)N1CC(=O)NCC1C(=O)O. The largest absolute Gasteiger partial charge is 0.480 e.